The minimum absolute atomic E-state index is 0.254. The molecule has 0 aliphatic carbocycles. The molecule has 86 valence electrons. The lowest BCUT2D eigenvalue weighted by atomic mass is 9.90. The molecule has 2 N–H and O–H groups in total. The van der Waals surface area contributed by atoms with Gasteiger partial charge in [-0.3, -0.25) is 4.90 Å². The third-order valence-electron chi connectivity index (χ3n) is 3.53. The van der Waals surface area contributed by atoms with Gasteiger partial charge in [0.1, 0.15) is 0 Å². The summed E-state index contributed by atoms with van der Waals surface area (Å²) in [5.74, 6) is 0. The average molecular weight is 200 g/mol. The highest BCUT2D eigenvalue weighted by Gasteiger charge is 2.30. The van der Waals surface area contributed by atoms with Crippen molar-refractivity contribution in [3.05, 3.63) is 0 Å². The van der Waals surface area contributed by atoms with Crippen LogP contribution in [0.1, 0.15) is 53.4 Å². The summed E-state index contributed by atoms with van der Waals surface area (Å²) in [6.45, 7) is 12.1. The lowest BCUT2D eigenvalue weighted by Gasteiger charge is -2.42. The van der Waals surface area contributed by atoms with Crippen molar-refractivity contribution < 1.29 is 0 Å². The molecule has 0 bridgehead atoms. The fourth-order valence-electron chi connectivity index (χ4n) is 2.19. The molecular formula is C12H28N2. The number of nitrogens with two attached hydrogens (primary N) is 1. The first-order valence-electron chi connectivity index (χ1n) is 6.15. The van der Waals surface area contributed by atoms with E-state index < -0.39 is 0 Å². The zero-order valence-electron chi connectivity index (χ0n) is 10.5. The molecule has 0 heterocycles. The van der Waals surface area contributed by atoms with E-state index in [4.69, 9.17) is 5.73 Å². The van der Waals surface area contributed by atoms with Crippen molar-refractivity contribution in [2.45, 2.75) is 58.9 Å². The summed E-state index contributed by atoms with van der Waals surface area (Å²) in [5, 5.41) is 0. The van der Waals surface area contributed by atoms with Crippen LogP contribution < -0.4 is 5.73 Å². The predicted octanol–water partition coefficient (Wildman–Crippen LogP) is 2.63. The quantitative estimate of drug-likeness (QED) is 0.652. The maximum Gasteiger partial charge on any atom is 0.0326 e. The normalized spacial score (nSPS) is 12.4. The standard InChI is InChI=1S/C12H28N2/c1-5-9-10-14(8-4)12(6-2,7-3)11-13/h5-11,13H2,1-4H3. The molecule has 0 aromatic heterocycles. The van der Waals surface area contributed by atoms with Crippen LogP contribution in [0.2, 0.25) is 0 Å². The minimum atomic E-state index is 0.254. The van der Waals surface area contributed by atoms with Gasteiger partial charge in [-0.2, -0.15) is 0 Å². The van der Waals surface area contributed by atoms with Gasteiger partial charge < -0.3 is 5.73 Å². The van der Waals surface area contributed by atoms with Gasteiger partial charge in [-0.1, -0.05) is 34.1 Å². The summed E-state index contributed by atoms with van der Waals surface area (Å²) < 4.78 is 0. The van der Waals surface area contributed by atoms with Gasteiger partial charge in [-0.05, 0) is 32.4 Å². The van der Waals surface area contributed by atoms with Crippen LogP contribution in [0.15, 0.2) is 0 Å². The van der Waals surface area contributed by atoms with Crippen LogP contribution >= 0.6 is 0 Å². The minimum Gasteiger partial charge on any atom is -0.329 e. The highest BCUT2D eigenvalue weighted by atomic mass is 15.2. The first kappa shape index (κ1) is 13.9. The topological polar surface area (TPSA) is 29.3 Å². The summed E-state index contributed by atoms with van der Waals surface area (Å²) >= 11 is 0. The van der Waals surface area contributed by atoms with Crippen LogP contribution in [0.25, 0.3) is 0 Å². The third kappa shape index (κ3) is 3.25. The molecule has 0 spiro atoms. The fraction of sp³-hybridized carbons (Fsp3) is 1.00. The van der Waals surface area contributed by atoms with Gasteiger partial charge in [-0.25, -0.2) is 0 Å². The number of hydrogen-bond donors (Lipinski definition) is 1. The van der Waals surface area contributed by atoms with Gasteiger partial charge >= 0.3 is 0 Å². The summed E-state index contributed by atoms with van der Waals surface area (Å²) in [6, 6.07) is 0. The molecule has 0 rings (SSSR count). The Kier molecular flexibility index (Phi) is 7.20. The van der Waals surface area contributed by atoms with E-state index >= 15 is 0 Å². The van der Waals surface area contributed by atoms with Crippen LogP contribution in [-0.4, -0.2) is 30.1 Å². The molecule has 0 saturated carbocycles. The van der Waals surface area contributed by atoms with E-state index in [0.717, 1.165) is 25.9 Å². The molecule has 0 saturated heterocycles. The largest absolute Gasteiger partial charge is 0.329 e. The number of hydrogen-bond acceptors (Lipinski definition) is 2. The van der Waals surface area contributed by atoms with Gasteiger partial charge in [0.05, 0.1) is 0 Å². The Morgan fingerprint density at radius 3 is 1.93 bits per heavy atom. The van der Waals surface area contributed by atoms with Crippen LogP contribution in [0, 0.1) is 0 Å². The van der Waals surface area contributed by atoms with Crippen molar-refractivity contribution >= 4 is 0 Å². The van der Waals surface area contributed by atoms with Crippen molar-refractivity contribution in [2.24, 2.45) is 5.73 Å². The molecule has 0 radical (unpaired) electrons. The van der Waals surface area contributed by atoms with Crippen LogP contribution in [0.4, 0.5) is 0 Å². The molecule has 14 heavy (non-hydrogen) atoms. The Bertz CT molecular complexity index is 122. The number of rotatable bonds is 8. The van der Waals surface area contributed by atoms with Crippen molar-refractivity contribution in [1.29, 1.82) is 0 Å². The van der Waals surface area contributed by atoms with E-state index in [0.29, 0.717) is 0 Å². The Balaban J connectivity index is 4.40. The Labute approximate surface area is 89.9 Å². The highest BCUT2D eigenvalue weighted by Crippen LogP contribution is 2.22. The summed E-state index contributed by atoms with van der Waals surface area (Å²) in [4.78, 5) is 2.57. The van der Waals surface area contributed by atoms with Crippen LogP contribution in [0.3, 0.4) is 0 Å². The van der Waals surface area contributed by atoms with Crippen molar-refractivity contribution in [3.8, 4) is 0 Å². The van der Waals surface area contributed by atoms with Gasteiger partial charge in [-0.15, -0.1) is 0 Å². The second-order valence-corrected chi connectivity index (χ2v) is 4.07. The average Bonchev–Trinajstić information content (AvgIpc) is 2.25. The molecule has 0 aliphatic heterocycles. The second kappa shape index (κ2) is 7.24. The zero-order chi connectivity index (χ0) is 11.0. The molecule has 0 fully saturated rings. The fourth-order valence-corrected chi connectivity index (χ4v) is 2.19. The Morgan fingerprint density at radius 2 is 1.64 bits per heavy atom. The predicted molar refractivity (Wildman–Crippen MR) is 64.5 cm³/mol. The maximum absolute atomic E-state index is 5.94. The van der Waals surface area contributed by atoms with Crippen LogP contribution in [0.5, 0.6) is 0 Å². The molecule has 2 heteroatoms. The SMILES string of the molecule is CCCCN(CC)C(CC)(CC)CN. The molecule has 0 aromatic carbocycles. The van der Waals surface area contributed by atoms with Gasteiger partial charge in [0.25, 0.3) is 0 Å². The van der Waals surface area contributed by atoms with E-state index in [9.17, 15) is 0 Å². The highest BCUT2D eigenvalue weighted by molar-refractivity contribution is 4.88. The Morgan fingerprint density at radius 1 is 1.07 bits per heavy atom. The first-order chi connectivity index (χ1) is 6.70. The number of likely N-dealkylation sites (N-methyl/N-ethyl adjacent to an activating group) is 1. The van der Waals surface area contributed by atoms with Gasteiger partial charge in [0.2, 0.25) is 0 Å². The molecule has 0 aromatic rings. The smallest absolute Gasteiger partial charge is 0.0326 e. The van der Waals surface area contributed by atoms with E-state index in [2.05, 4.69) is 32.6 Å². The van der Waals surface area contributed by atoms with Gasteiger partial charge in [0.15, 0.2) is 0 Å². The zero-order valence-corrected chi connectivity index (χ0v) is 10.5. The van der Waals surface area contributed by atoms with E-state index in [-0.39, 0.29) is 5.54 Å². The molecule has 0 atom stereocenters. The third-order valence-corrected chi connectivity index (χ3v) is 3.53. The maximum atomic E-state index is 5.94. The first-order valence-corrected chi connectivity index (χ1v) is 6.15. The molecular weight excluding hydrogens is 172 g/mol. The van der Waals surface area contributed by atoms with Crippen LogP contribution in [-0.2, 0) is 0 Å². The van der Waals surface area contributed by atoms with E-state index in [1.165, 1.54) is 19.4 Å². The summed E-state index contributed by atoms with van der Waals surface area (Å²) in [6.07, 6.45) is 4.88. The molecule has 0 unspecified atom stereocenters. The van der Waals surface area contributed by atoms with Crippen molar-refractivity contribution in [2.75, 3.05) is 19.6 Å². The lowest BCUT2D eigenvalue weighted by Crippen LogP contribution is -2.53. The molecule has 2 nitrogen and oxygen atoms in total. The van der Waals surface area contributed by atoms with E-state index in [1.807, 2.05) is 0 Å². The monoisotopic (exact) mass is 200 g/mol. The Hall–Kier alpha value is -0.0800. The number of nitrogens with zero attached hydrogens (tertiary/aromatic N) is 1. The van der Waals surface area contributed by atoms with Gasteiger partial charge in [0, 0.05) is 12.1 Å². The lowest BCUT2D eigenvalue weighted by molar-refractivity contribution is 0.0892. The molecule has 0 aliphatic rings. The second-order valence-electron chi connectivity index (χ2n) is 4.07. The molecule has 0 amide bonds. The summed E-state index contributed by atoms with van der Waals surface area (Å²) in [5.41, 5.74) is 6.19. The van der Waals surface area contributed by atoms with Crippen molar-refractivity contribution in [1.82, 2.24) is 4.90 Å². The number of unbranched alkanes of at least 4 members (excludes halogenated alkanes) is 1. The summed E-state index contributed by atoms with van der Waals surface area (Å²) in [7, 11) is 0. The van der Waals surface area contributed by atoms with E-state index in [1.54, 1.807) is 0 Å². The van der Waals surface area contributed by atoms with Crippen molar-refractivity contribution in [3.63, 3.8) is 0 Å².